The van der Waals surface area contributed by atoms with Gasteiger partial charge in [0, 0.05) is 25.7 Å². The van der Waals surface area contributed by atoms with E-state index in [-0.39, 0.29) is 25.7 Å². The number of hydrogen-bond acceptors (Lipinski definition) is 15. The zero-order valence-corrected chi connectivity index (χ0v) is 65.9. The first-order valence-electron chi connectivity index (χ1n) is 41.1. The predicted octanol–water partition coefficient (Wildman–Crippen LogP) is 23.5. The van der Waals surface area contributed by atoms with E-state index in [9.17, 15) is 43.2 Å². The SMILES string of the molecule is CCCCCCCCCCCCCCCCCCCCCC(=O)O[C@H](COC(=O)CCCCCCCCCCCCCCCCC(C)CC)COP(=O)(O)OC[C@@H](O)COP(=O)(O)OC[C@@H](COC(=O)CCCCCCCCCCC)OC(=O)CCCCCCCCCCC(C)CC. The number of aliphatic hydroxyl groups excluding tert-OH is 1. The van der Waals surface area contributed by atoms with Crippen LogP contribution >= 0.6 is 15.6 Å². The van der Waals surface area contributed by atoms with Crippen LogP contribution in [0.1, 0.15) is 414 Å². The first-order valence-corrected chi connectivity index (χ1v) is 44.1. The lowest BCUT2D eigenvalue weighted by atomic mass is 9.99. The Balaban J connectivity index is 5.22. The molecule has 0 saturated carbocycles. The lowest BCUT2D eigenvalue weighted by Gasteiger charge is -2.21. The normalized spacial score (nSPS) is 14.5. The Morgan fingerprint density at radius 2 is 0.490 bits per heavy atom. The fraction of sp³-hybridized carbons (Fsp3) is 0.949. The van der Waals surface area contributed by atoms with Crippen molar-refractivity contribution in [3.8, 4) is 0 Å². The van der Waals surface area contributed by atoms with Crippen LogP contribution in [0.4, 0.5) is 0 Å². The fourth-order valence-electron chi connectivity index (χ4n) is 12.1. The number of rotatable bonds is 78. The molecule has 0 aromatic rings. The Labute approximate surface area is 600 Å². The van der Waals surface area contributed by atoms with Crippen LogP contribution in [0.5, 0.6) is 0 Å². The summed E-state index contributed by atoms with van der Waals surface area (Å²) in [6.07, 6.45) is 59.6. The molecule has 0 bridgehead atoms. The molecular weight excluding hydrogens is 1280 g/mol. The Morgan fingerprint density at radius 3 is 0.724 bits per heavy atom. The molecule has 0 aliphatic rings. The highest BCUT2D eigenvalue weighted by molar-refractivity contribution is 7.47. The average Bonchev–Trinajstić information content (AvgIpc) is 1.37. The smallest absolute Gasteiger partial charge is 0.462 e. The van der Waals surface area contributed by atoms with Gasteiger partial charge in [-0.2, -0.15) is 0 Å². The molecule has 98 heavy (non-hydrogen) atoms. The fourth-order valence-corrected chi connectivity index (χ4v) is 13.7. The Bertz CT molecular complexity index is 1890. The molecule has 17 nitrogen and oxygen atoms in total. The highest BCUT2D eigenvalue weighted by Gasteiger charge is 2.30. The van der Waals surface area contributed by atoms with E-state index in [2.05, 4.69) is 41.5 Å². The van der Waals surface area contributed by atoms with E-state index in [1.807, 2.05) is 0 Å². The third-order valence-corrected chi connectivity index (χ3v) is 21.1. The average molecular weight is 1440 g/mol. The number of phosphoric ester groups is 2. The topological polar surface area (TPSA) is 237 Å². The van der Waals surface area contributed by atoms with Gasteiger partial charge in [-0.15, -0.1) is 0 Å². The van der Waals surface area contributed by atoms with Crippen molar-refractivity contribution in [2.24, 2.45) is 11.8 Å². The lowest BCUT2D eigenvalue weighted by molar-refractivity contribution is -0.161. The molecule has 0 radical (unpaired) electrons. The summed E-state index contributed by atoms with van der Waals surface area (Å²) in [6.45, 7) is 9.65. The van der Waals surface area contributed by atoms with Gasteiger partial charge in [-0.1, -0.05) is 363 Å². The molecule has 0 amide bonds. The highest BCUT2D eigenvalue weighted by Crippen LogP contribution is 2.45. The summed E-state index contributed by atoms with van der Waals surface area (Å²) in [5.74, 6) is -0.494. The van der Waals surface area contributed by atoms with E-state index < -0.39 is 97.5 Å². The summed E-state index contributed by atoms with van der Waals surface area (Å²) in [4.78, 5) is 72.9. The van der Waals surface area contributed by atoms with Crippen LogP contribution in [-0.2, 0) is 65.4 Å². The maximum Gasteiger partial charge on any atom is 0.472 e. The van der Waals surface area contributed by atoms with Gasteiger partial charge in [0.1, 0.15) is 19.3 Å². The molecule has 0 rings (SSSR count). The van der Waals surface area contributed by atoms with Crippen LogP contribution in [0.3, 0.4) is 0 Å². The molecule has 0 aliphatic heterocycles. The van der Waals surface area contributed by atoms with Gasteiger partial charge in [-0.05, 0) is 37.5 Å². The van der Waals surface area contributed by atoms with Gasteiger partial charge in [0.15, 0.2) is 12.2 Å². The first-order chi connectivity index (χ1) is 47.4. The summed E-state index contributed by atoms with van der Waals surface area (Å²) in [5, 5.41) is 10.6. The molecule has 4 unspecified atom stereocenters. The molecule has 19 heteroatoms. The minimum Gasteiger partial charge on any atom is -0.462 e. The Morgan fingerprint density at radius 1 is 0.286 bits per heavy atom. The molecule has 0 spiro atoms. The largest absolute Gasteiger partial charge is 0.472 e. The molecule has 0 aliphatic carbocycles. The number of carbonyl (C=O) groups is 4. The van der Waals surface area contributed by atoms with Gasteiger partial charge in [-0.25, -0.2) is 9.13 Å². The summed E-state index contributed by atoms with van der Waals surface area (Å²) >= 11 is 0. The molecule has 0 aromatic carbocycles. The van der Waals surface area contributed by atoms with Crippen molar-refractivity contribution in [1.82, 2.24) is 0 Å². The maximum absolute atomic E-state index is 13.1. The molecule has 3 N–H and O–H groups in total. The second kappa shape index (κ2) is 70.7. The van der Waals surface area contributed by atoms with Gasteiger partial charge in [-0.3, -0.25) is 37.3 Å². The van der Waals surface area contributed by atoms with Crippen molar-refractivity contribution >= 4 is 39.5 Å². The number of aliphatic hydroxyl groups is 1. The summed E-state index contributed by atoms with van der Waals surface area (Å²) in [7, 11) is -9.91. The zero-order chi connectivity index (χ0) is 72.1. The van der Waals surface area contributed by atoms with E-state index in [1.165, 1.54) is 231 Å². The second-order valence-electron chi connectivity index (χ2n) is 28.9. The molecule has 7 atom stereocenters. The number of carbonyl (C=O) groups excluding carboxylic acids is 4. The van der Waals surface area contributed by atoms with E-state index in [4.69, 9.17) is 37.0 Å². The van der Waals surface area contributed by atoms with E-state index >= 15 is 0 Å². The Kier molecular flexibility index (Phi) is 69.3. The van der Waals surface area contributed by atoms with Crippen LogP contribution in [0.15, 0.2) is 0 Å². The van der Waals surface area contributed by atoms with Gasteiger partial charge in [0.05, 0.1) is 26.4 Å². The quantitative estimate of drug-likeness (QED) is 0.0222. The van der Waals surface area contributed by atoms with Gasteiger partial charge < -0.3 is 33.8 Å². The van der Waals surface area contributed by atoms with Crippen LogP contribution in [0.2, 0.25) is 0 Å². The van der Waals surface area contributed by atoms with Crippen molar-refractivity contribution in [2.75, 3.05) is 39.6 Å². The van der Waals surface area contributed by atoms with Crippen molar-refractivity contribution < 1.29 is 80.2 Å². The molecule has 0 saturated heterocycles. The number of unbranched alkanes of at least 4 members (excludes halogenated alkanes) is 46. The molecule has 0 fully saturated rings. The summed E-state index contributed by atoms with van der Waals surface area (Å²) < 4.78 is 68.6. The number of ether oxygens (including phenoxy) is 4. The monoisotopic (exact) mass is 1440 g/mol. The molecule has 582 valence electrons. The van der Waals surface area contributed by atoms with Crippen LogP contribution in [0.25, 0.3) is 0 Å². The van der Waals surface area contributed by atoms with Crippen molar-refractivity contribution in [3.63, 3.8) is 0 Å². The number of esters is 4. The third-order valence-electron chi connectivity index (χ3n) is 19.2. The highest BCUT2D eigenvalue weighted by atomic mass is 31.2. The standard InChI is InChI=1S/C79H154O17P2/c1-7-11-13-15-17-19-20-21-22-23-24-25-26-31-34-38-45-51-57-63-78(83)95-74(68-90-77(82)62-56-50-44-37-33-30-28-27-29-32-36-41-47-53-59-71(5)9-3)69-93-97(85,86)91-65-73(80)66-92-98(87,88)94-70-75(67-89-76(81)61-55-49-43-35-18-16-14-12-8-2)96-79(84)64-58-52-46-40-39-42-48-54-60-72(6)10-4/h71-75,80H,7-70H2,1-6H3,(H,85,86)(H,87,88)/t71?,72?,73-,74-,75-/m1/s1. The predicted molar refractivity (Wildman–Crippen MR) is 400 cm³/mol. The maximum atomic E-state index is 13.1. The van der Waals surface area contributed by atoms with E-state index in [0.29, 0.717) is 25.7 Å². The third kappa shape index (κ3) is 69.8. The van der Waals surface area contributed by atoms with Crippen LogP contribution in [-0.4, -0.2) is 96.7 Å². The summed E-state index contributed by atoms with van der Waals surface area (Å²) in [6, 6.07) is 0. The van der Waals surface area contributed by atoms with Crippen LogP contribution < -0.4 is 0 Å². The number of phosphoric acid groups is 2. The van der Waals surface area contributed by atoms with Gasteiger partial charge in [0.25, 0.3) is 0 Å². The van der Waals surface area contributed by atoms with Gasteiger partial charge in [0.2, 0.25) is 0 Å². The van der Waals surface area contributed by atoms with E-state index in [0.717, 1.165) is 102 Å². The van der Waals surface area contributed by atoms with Crippen LogP contribution in [0, 0.1) is 11.8 Å². The number of hydrogen-bond donors (Lipinski definition) is 3. The lowest BCUT2D eigenvalue weighted by Crippen LogP contribution is -2.30. The Hall–Kier alpha value is -1.94. The zero-order valence-electron chi connectivity index (χ0n) is 64.1. The summed E-state index contributed by atoms with van der Waals surface area (Å²) in [5.41, 5.74) is 0. The molecular formula is C79H154O17P2. The molecule has 0 aromatic heterocycles. The van der Waals surface area contributed by atoms with Crippen molar-refractivity contribution in [3.05, 3.63) is 0 Å². The van der Waals surface area contributed by atoms with Gasteiger partial charge >= 0.3 is 39.5 Å². The first kappa shape index (κ1) is 96.1. The van der Waals surface area contributed by atoms with Crippen molar-refractivity contribution in [1.29, 1.82) is 0 Å². The minimum atomic E-state index is -4.96. The van der Waals surface area contributed by atoms with Crippen molar-refractivity contribution in [2.45, 2.75) is 432 Å². The second-order valence-corrected chi connectivity index (χ2v) is 31.8. The van der Waals surface area contributed by atoms with E-state index in [1.54, 1.807) is 0 Å². The minimum absolute atomic E-state index is 0.105. The molecule has 0 heterocycles.